The van der Waals surface area contributed by atoms with Crippen molar-refractivity contribution in [1.82, 2.24) is 0 Å². The van der Waals surface area contributed by atoms with Crippen molar-refractivity contribution >= 4 is 12.3 Å². The second kappa shape index (κ2) is 7.33. The minimum atomic E-state index is -1.32. The molecule has 5 heteroatoms. The van der Waals surface area contributed by atoms with Gasteiger partial charge in [-0.2, -0.15) is 0 Å². The van der Waals surface area contributed by atoms with Gasteiger partial charge in [0.05, 0.1) is 12.6 Å². The Hall–Kier alpha value is -2.30. The lowest BCUT2D eigenvalue weighted by Crippen LogP contribution is -2.37. The monoisotopic (exact) mass is 277 g/mol. The lowest BCUT2D eigenvalue weighted by Gasteiger charge is -2.21. The summed E-state index contributed by atoms with van der Waals surface area (Å²) in [7, 11) is 0. The molecule has 0 radical (unpaired) electrons. The number of carbonyl (C=O) groups excluding carboxylic acids is 2. The van der Waals surface area contributed by atoms with Crippen LogP contribution in [0.4, 0.5) is 0 Å². The van der Waals surface area contributed by atoms with E-state index >= 15 is 0 Å². The number of aliphatic carboxylic acids is 1. The Balaban J connectivity index is 3.29. The van der Waals surface area contributed by atoms with Gasteiger partial charge in [-0.25, -0.2) is 0 Å². The zero-order chi connectivity index (χ0) is 15.1. The average Bonchev–Trinajstić information content (AvgIpc) is 2.42. The Bertz CT molecular complexity index is 507. The van der Waals surface area contributed by atoms with Gasteiger partial charge < -0.3 is 19.4 Å². The van der Waals surface area contributed by atoms with E-state index in [1.807, 2.05) is 0 Å². The third-order valence-electron chi connectivity index (χ3n) is 2.58. The molecule has 0 N–H and O–H groups in total. The molecule has 20 heavy (non-hydrogen) atoms. The van der Waals surface area contributed by atoms with Gasteiger partial charge in [-0.1, -0.05) is 6.08 Å². The van der Waals surface area contributed by atoms with Crippen molar-refractivity contribution < 1.29 is 24.2 Å². The fraction of sp³-hybridized carbons (Fsp3) is 0.333. The number of carboxylic acids is 1. The largest absolute Gasteiger partial charge is 0.546 e. The molecule has 1 aromatic carbocycles. The van der Waals surface area contributed by atoms with Crippen molar-refractivity contribution in [2.75, 3.05) is 6.61 Å². The molecule has 108 valence electrons. The Kier molecular flexibility index (Phi) is 5.77. The fourth-order valence-electron chi connectivity index (χ4n) is 1.68. The Morgan fingerprint density at radius 2 is 2.20 bits per heavy atom. The summed E-state index contributed by atoms with van der Waals surface area (Å²) in [6.45, 7) is 7.15. The van der Waals surface area contributed by atoms with Crippen LogP contribution in [0.2, 0.25) is 0 Å². The average molecular weight is 277 g/mol. The molecule has 0 saturated carbocycles. The van der Waals surface area contributed by atoms with E-state index < -0.39 is 12.1 Å². The van der Waals surface area contributed by atoms with Crippen LogP contribution < -0.4 is 14.6 Å². The van der Waals surface area contributed by atoms with Crippen LogP contribution in [0, 0.1) is 0 Å². The summed E-state index contributed by atoms with van der Waals surface area (Å²) >= 11 is 0. The van der Waals surface area contributed by atoms with Crippen LogP contribution >= 0.6 is 0 Å². The zero-order valence-electron chi connectivity index (χ0n) is 11.5. The van der Waals surface area contributed by atoms with Crippen molar-refractivity contribution in [3.63, 3.8) is 0 Å². The number of hydrogen-bond acceptors (Lipinski definition) is 5. The van der Waals surface area contributed by atoms with Crippen LogP contribution in [0.1, 0.15) is 29.8 Å². The lowest BCUT2D eigenvalue weighted by atomic mass is 10.1. The highest BCUT2D eigenvalue weighted by Gasteiger charge is 2.16. The van der Waals surface area contributed by atoms with Gasteiger partial charge in [-0.15, -0.1) is 6.58 Å². The van der Waals surface area contributed by atoms with Crippen LogP contribution in [-0.2, 0) is 11.2 Å². The van der Waals surface area contributed by atoms with Crippen molar-refractivity contribution in [3.8, 4) is 11.5 Å². The molecule has 1 unspecified atom stereocenters. The van der Waals surface area contributed by atoms with E-state index in [9.17, 15) is 14.7 Å². The molecule has 0 fully saturated rings. The number of benzene rings is 1. The van der Waals surface area contributed by atoms with E-state index in [1.165, 1.54) is 13.0 Å². The number of aldehydes is 1. The van der Waals surface area contributed by atoms with E-state index in [0.717, 1.165) is 0 Å². The van der Waals surface area contributed by atoms with Gasteiger partial charge >= 0.3 is 0 Å². The molecule has 5 nitrogen and oxygen atoms in total. The maximum Gasteiger partial charge on any atom is 0.165 e. The molecule has 0 aliphatic carbocycles. The molecular weight excluding hydrogens is 260 g/mol. The standard InChI is InChI=1S/C15H18O5/c1-4-6-12-7-11(9-16)8-13(19-5-2)14(12)20-10(3)15(17)18/h4,7-10H,1,5-6H2,2-3H3,(H,17,18)/p-1. The van der Waals surface area contributed by atoms with Crippen LogP contribution in [-0.4, -0.2) is 25.0 Å². The van der Waals surface area contributed by atoms with Gasteiger partial charge in [0, 0.05) is 11.1 Å². The summed E-state index contributed by atoms with van der Waals surface area (Å²) in [4.78, 5) is 21.7. The van der Waals surface area contributed by atoms with Gasteiger partial charge in [0.2, 0.25) is 0 Å². The smallest absolute Gasteiger partial charge is 0.165 e. The Labute approximate surface area is 117 Å². The maximum atomic E-state index is 10.9. The summed E-state index contributed by atoms with van der Waals surface area (Å²) < 4.78 is 10.8. The second-order valence-corrected chi connectivity index (χ2v) is 4.13. The highest BCUT2D eigenvalue weighted by molar-refractivity contribution is 5.78. The quantitative estimate of drug-likeness (QED) is 0.526. The summed E-state index contributed by atoms with van der Waals surface area (Å²) in [5, 5.41) is 10.8. The third-order valence-corrected chi connectivity index (χ3v) is 2.58. The first-order valence-corrected chi connectivity index (χ1v) is 6.26. The molecule has 0 amide bonds. The second-order valence-electron chi connectivity index (χ2n) is 4.13. The first-order chi connectivity index (χ1) is 9.53. The molecule has 0 spiro atoms. The number of carbonyl (C=O) groups is 2. The molecule has 1 rings (SSSR count). The number of allylic oxidation sites excluding steroid dienone is 1. The van der Waals surface area contributed by atoms with Gasteiger partial charge in [-0.3, -0.25) is 4.79 Å². The van der Waals surface area contributed by atoms with E-state index in [0.29, 0.717) is 41.9 Å². The number of hydrogen-bond donors (Lipinski definition) is 0. The van der Waals surface area contributed by atoms with Crippen LogP contribution in [0.25, 0.3) is 0 Å². The molecule has 1 aromatic rings. The number of carboxylic acid groups (broad SMARTS) is 1. The SMILES string of the molecule is C=CCc1cc(C=O)cc(OCC)c1OC(C)C(=O)[O-]. The zero-order valence-corrected chi connectivity index (χ0v) is 11.5. The van der Waals surface area contributed by atoms with Gasteiger partial charge in [0.1, 0.15) is 12.4 Å². The van der Waals surface area contributed by atoms with Crippen LogP contribution in [0.3, 0.4) is 0 Å². The molecule has 0 aliphatic rings. The molecule has 0 bridgehead atoms. The molecule has 0 saturated heterocycles. The van der Waals surface area contributed by atoms with Crippen molar-refractivity contribution in [3.05, 3.63) is 35.9 Å². The van der Waals surface area contributed by atoms with E-state index in [1.54, 1.807) is 19.1 Å². The Morgan fingerprint density at radius 3 is 2.70 bits per heavy atom. The summed E-state index contributed by atoms with van der Waals surface area (Å²) in [5.74, 6) is -0.687. The summed E-state index contributed by atoms with van der Waals surface area (Å²) in [6.07, 6.45) is 1.63. The molecule has 0 aromatic heterocycles. The molecular formula is C15H17O5-. The maximum absolute atomic E-state index is 10.9. The summed E-state index contributed by atoms with van der Waals surface area (Å²) in [5.41, 5.74) is 1.07. The predicted molar refractivity (Wildman–Crippen MR) is 72.0 cm³/mol. The van der Waals surface area contributed by atoms with Gasteiger partial charge in [0.15, 0.2) is 11.5 Å². The lowest BCUT2D eigenvalue weighted by molar-refractivity contribution is -0.312. The Morgan fingerprint density at radius 1 is 1.50 bits per heavy atom. The predicted octanol–water partition coefficient (Wildman–Crippen LogP) is 1.14. The highest BCUT2D eigenvalue weighted by atomic mass is 16.5. The highest BCUT2D eigenvalue weighted by Crippen LogP contribution is 2.34. The number of rotatable bonds is 8. The summed E-state index contributed by atoms with van der Waals surface area (Å²) in [6, 6.07) is 3.13. The normalized spacial score (nSPS) is 11.5. The first kappa shape index (κ1) is 15.8. The van der Waals surface area contributed by atoms with E-state index in [2.05, 4.69) is 6.58 Å². The minimum absolute atomic E-state index is 0.300. The van der Waals surface area contributed by atoms with Crippen molar-refractivity contribution in [2.24, 2.45) is 0 Å². The molecule has 0 aliphatic heterocycles. The third kappa shape index (κ3) is 3.85. The van der Waals surface area contributed by atoms with Crippen LogP contribution in [0.15, 0.2) is 24.8 Å². The molecule has 0 heterocycles. The van der Waals surface area contributed by atoms with E-state index in [-0.39, 0.29) is 0 Å². The first-order valence-electron chi connectivity index (χ1n) is 6.26. The topological polar surface area (TPSA) is 75.7 Å². The van der Waals surface area contributed by atoms with E-state index in [4.69, 9.17) is 9.47 Å². The minimum Gasteiger partial charge on any atom is -0.546 e. The van der Waals surface area contributed by atoms with Gasteiger partial charge in [0.25, 0.3) is 0 Å². The number of ether oxygens (including phenoxy) is 2. The van der Waals surface area contributed by atoms with Crippen molar-refractivity contribution in [1.29, 1.82) is 0 Å². The van der Waals surface area contributed by atoms with Crippen LogP contribution in [0.5, 0.6) is 11.5 Å². The van der Waals surface area contributed by atoms with Crippen molar-refractivity contribution in [2.45, 2.75) is 26.4 Å². The fourth-order valence-corrected chi connectivity index (χ4v) is 1.68. The molecule has 1 atom stereocenters. The van der Waals surface area contributed by atoms with Gasteiger partial charge in [-0.05, 0) is 32.4 Å².